The molecule has 1 aromatic heterocycles. The molecule has 22 heavy (non-hydrogen) atoms. The molecule has 0 N–H and O–H groups in total. The van der Waals surface area contributed by atoms with Gasteiger partial charge in [0, 0.05) is 37.3 Å². The Labute approximate surface area is 138 Å². The molecule has 3 heterocycles. The second-order valence-electron chi connectivity index (χ2n) is 7.28. The minimum Gasteiger partial charge on any atom is -0.383 e. The minimum atomic E-state index is 0.521. The van der Waals surface area contributed by atoms with Gasteiger partial charge in [0.25, 0.3) is 0 Å². The summed E-state index contributed by atoms with van der Waals surface area (Å²) in [6.07, 6.45) is 5.87. The molecule has 4 nitrogen and oxygen atoms in total. The smallest absolute Gasteiger partial charge is 0.107 e. The van der Waals surface area contributed by atoms with Gasteiger partial charge in [-0.3, -0.25) is 9.80 Å². The first kappa shape index (κ1) is 16.4. The van der Waals surface area contributed by atoms with E-state index in [4.69, 9.17) is 4.74 Å². The van der Waals surface area contributed by atoms with E-state index in [2.05, 4.69) is 34.0 Å². The lowest BCUT2D eigenvalue weighted by molar-refractivity contribution is 0.0915. The maximum atomic E-state index is 5.47. The molecule has 0 bridgehead atoms. The molecular weight excluding hydrogens is 294 g/mol. The van der Waals surface area contributed by atoms with Gasteiger partial charge in [-0.1, -0.05) is 0 Å². The quantitative estimate of drug-likeness (QED) is 0.833. The summed E-state index contributed by atoms with van der Waals surface area (Å²) in [5.41, 5.74) is 0.521. The Morgan fingerprint density at radius 1 is 1.41 bits per heavy atom. The highest BCUT2D eigenvalue weighted by molar-refractivity contribution is 7.09. The van der Waals surface area contributed by atoms with E-state index < -0.39 is 0 Å². The average molecular weight is 324 g/mol. The molecule has 1 aromatic rings. The van der Waals surface area contributed by atoms with Crippen molar-refractivity contribution >= 4 is 11.3 Å². The van der Waals surface area contributed by atoms with E-state index >= 15 is 0 Å². The molecule has 0 amide bonds. The molecule has 2 fully saturated rings. The summed E-state index contributed by atoms with van der Waals surface area (Å²) in [6, 6.07) is 1.23. The zero-order valence-corrected chi connectivity index (χ0v) is 14.9. The van der Waals surface area contributed by atoms with Crippen molar-refractivity contribution < 1.29 is 4.74 Å². The van der Waals surface area contributed by atoms with Crippen molar-refractivity contribution in [2.75, 3.05) is 33.4 Å². The van der Waals surface area contributed by atoms with E-state index in [0.29, 0.717) is 17.5 Å². The third kappa shape index (κ3) is 3.53. The van der Waals surface area contributed by atoms with Gasteiger partial charge in [-0.05, 0) is 51.6 Å². The van der Waals surface area contributed by atoms with Crippen LogP contribution in [-0.4, -0.2) is 60.2 Å². The van der Waals surface area contributed by atoms with Crippen molar-refractivity contribution in [3.05, 3.63) is 16.6 Å². The number of aromatic nitrogens is 1. The van der Waals surface area contributed by atoms with Crippen LogP contribution in [0.3, 0.4) is 0 Å². The van der Waals surface area contributed by atoms with Crippen molar-refractivity contribution in [3.63, 3.8) is 0 Å². The van der Waals surface area contributed by atoms with Gasteiger partial charge < -0.3 is 4.74 Å². The highest BCUT2D eigenvalue weighted by Gasteiger charge is 2.45. The summed E-state index contributed by atoms with van der Waals surface area (Å²) in [5.74, 6) is 0. The topological polar surface area (TPSA) is 28.6 Å². The molecule has 0 aromatic carbocycles. The van der Waals surface area contributed by atoms with Gasteiger partial charge in [-0.25, -0.2) is 4.98 Å². The Balaban J connectivity index is 1.57. The number of nitrogens with zero attached hydrogens (tertiary/aromatic N) is 3. The molecular formula is C17H29N3OS. The minimum absolute atomic E-state index is 0.521. The molecule has 3 rings (SSSR count). The molecule has 0 radical (unpaired) electrons. The molecule has 2 saturated heterocycles. The predicted octanol–water partition coefficient (Wildman–Crippen LogP) is 2.85. The van der Waals surface area contributed by atoms with Gasteiger partial charge in [-0.2, -0.15) is 0 Å². The summed E-state index contributed by atoms with van der Waals surface area (Å²) < 4.78 is 5.47. The maximum Gasteiger partial charge on any atom is 0.107 e. The SMILES string of the molecule is COC[C@H]1CC2(CCN(Cc3nccs3)CC2)CN1C(C)C. The van der Waals surface area contributed by atoms with Crippen molar-refractivity contribution in [2.45, 2.75) is 51.7 Å². The largest absolute Gasteiger partial charge is 0.383 e. The lowest BCUT2D eigenvalue weighted by Crippen LogP contribution is -2.42. The highest BCUT2D eigenvalue weighted by atomic mass is 32.1. The number of hydrogen-bond donors (Lipinski definition) is 0. The Hall–Kier alpha value is -0.490. The van der Waals surface area contributed by atoms with E-state index in [1.54, 1.807) is 11.3 Å². The van der Waals surface area contributed by atoms with Crippen LogP contribution in [-0.2, 0) is 11.3 Å². The number of likely N-dealkylation sites (tertiary alicyclic amines) is 2. The molecule has 5 heteroatoms. The van der Waals surface area contributed by atoms with Crippen LogP contribution in [0.25, 0.3) is 0 Å². The summed E-state index contributed by atoms with van der Waals surface area (Å²) in [4.78, 5) is 9.67. The fraction of sp³-hybridized carbons (Fsp3) is 0.824. The molecule has 0 unspecified atom stereocenters. The van der Waals surface area contributed by atoms with Crippen molar-refractivity contribution in [1.82, 2.24) is 14.8 Å². The number of methoxy groups -OCH3 is 1. The summed E-state index contributed by atoms with van der Waals surface area (Å²) in [7, 11) is 1.83. The van der Waals surface area contributed by atoms with E-state index in [1.165, 1.54) is 43.9 Å². The van der Waals surface area contributed by atoms with Gasteiger partial charge in [0.15, 0.2) is 0 Å². The first-order chi connectivity index (χ1) is 10.6. The lowest BCUT2D eigenvalue weighted by atomic mass is 9.76. The normalized spacial score (nSPS) is 26.3. The van der Waals surface area contributed by atoms with E-state index in [-0.39, 0.29) is 0 Å². The monoisotopic (exact) mass is 323 g/mol. The van der Waals surface area contributed by atoms with Crippen molar-refractivity contribution in [3.8, 4) is 0 Å². The number of thiazole rings is 1. The zero-order chi connectivity index (χ0) is 15.6. The van der Waals surface area contributed by atoms with Crippen LogP contribution in [0, 0.1) is 5.41 Å². The van der Waals surface area contributed by atoms with E-state index in [0.717, 1.165) is 13.2 Å². The van der Waals surface area contributed by atoms with Gasteiger partial charge >= 0.3 is 0 Å². The van der Waals surface area contributed by atoms with Gasteiger partial charge in [0.2, 0.25) is 0 Å². The Morgan fingerprint density at radius 3 is 2.77 bits per heavy atom. The number of piperidine rings is 1. The fourth-order valence-electron chi connectivity index (χ4n) is 4.22. The number of hydrogen-bond acceptors (Lipinski definition) is 5. The van der Waals surface area contributed by atoms with Gasteiger partial charge in [-0.15, -0.1) is 11.3 Å². The fourth-order valence-corrected chi connectivity index (χ4v) is 4.88. The highest BCUT2D eigenvalue weighted by Crippen LogP contribution is 2.44. The van der Waals surface area contributed by atoms with Gasteiger partial charge in [0.05, 0.1) is 13.2 Å². The second kappa shape index (κ2) is 6.95. The van der Waals surface area contributed by atoms with Crippen LogP contribution in [0.1, 0.15) is 38.1 Å². The molecule has 124 valence electrons. The lowest BCUT2D eigenvalue weighted by Gasteiger charge is -2.39. The maximum absolute atomic E-state index is 5.47. The molecule has 0 saturated carbocycles. The summed E-state index contributed by atoms with van der Waals surface area (Å²) in [6.45, 7) is 10.2. The third-order valence-electron chi connectivity index (χ3n) is 5.44. The summed E-state index contributed by atoms with van der Waals surface area (Å²) >= 11 is 1.77. The first-order valence-electron chi connectivity index (χ1n) is 8.47. The Kier molecular flexibility index (Phi) is 5.17. The van der Waals surface area contributed by atoms with Crippen molar-refractivity contribution in [1.29, 1.82) is 0 Å². The standard InChI is InChI=1S/C17H29N3OS/c1-14(2)20-13-17(10-15(20)12-21-3)4-7-19(8-5-17)11-16-18-6-9-22-16/h6,9,14-15H,4-5,7-8,10-13H2,1-3H3/t15-/m1/s1. The molecule has 1 atom stereocenters. The second-order valence-corrected chi connectivity index (χ2v) is 8.26. The van der Waals surface area contributed by atoms with Crippen LogP contribution < -0.4 is 0 Å². The van der Waals surface area contributed by atoms with Crippen LogP contribution in [0.15, 0.2) is 11.6 Å². The number of ether oxygens (including phenoxy) is 1. The summed E-state index contributed by atoms with van der Waals surface area (Å²) in [5, 5.41) is 3.33. The Bertz CT molecular complexity index is 454. The molecule has 2 aliphatic rings. The van der Waals surface area contributed by atoms with Crippen LogP contribution in [0.4, 0.5) is 0 Å². The van der Waals surface area contributed by atoms with Crippen LogP contribution in [0.5, 0.6) is 0 Å². The van der Waals surface area contributed by atoms with E-state index in [1.807, 2.05) is 13.3 Å². The third-order valence-corrected chi connectivity index (χ3v) is 6.20. The van der Waals surface area contributed by atoms with Crippen LogP contribution in [0.2, 0.25) is 0 Å². The molecule has 2 aliphatic heterocycles. The van der Waals surface area contributed by atoms with Crippen LogP contribution >= 0.6 is 11.3 Å². The Morgan fingerprint density at radius 2 is 2.18 bits per heavy atom. The molecule has 0 aliphatic carbocycles. The predicted molar refractivity (Wildman–Crippen MR) is 91.2 cm³/mol. The average Bonchev–Trinajstić information content (AvgIpc) is 3.11. The van der Waals surface area contributed by atoms with E-state index in [9.17, 15) is 0 Å². The van der Waals surface area contributed by atoms with Crippen molar-refractivity contribution in [2.24, 2.45) is 5.41 Å². The van der Waals surface area contributed by atoms with Gasteiger partial charge in [0.1, 0.15) is 5.01 Å². The number of rotatable bonds is 5. The first-order valence-corrected chi connectivity index (χ1v) is 9.35. The molecule has 1 spiro atoms. The zero-order valence-electron chi connectivity index (χ0n) is 14.1.